The van der Waals surface area contributed by atoms with Gasteiger partial charge in [-0.15, -0.1) is 0 Å². The third-order valence-corrected chi connectivity index (χ3v) is 8.89. The Morgan fingerprint density at radius 1 is 0.292 bits per heavy atom. The molecular weight excluding hydrogens is 581 g/mol. The zero-order valence-electron chi connectivity index (χ0n) is 28.1. The van der Waals surface area contributed by atoms with Gasteiger partial charge in [-0.2, -0.15) is 0 Å². The Labute approximate surface area is 284 Å². The van der Waals surface area contributed by atoms with Crippen LogP contribution in [0.5, 0.6) is 0 Å². The van der Waals surface area contributed by atoms with Gasteiger partial charge < -0.3 is 9.80 Å². The summed E-state index contributed by atoms with van der Waals surface area (Å²) in [6, 6.07) is 57.2. The normalized spacial score (nSPS) is 11.2. The Bertz CT molecular complexity index is 2080. The van der Waals surface area contributed by atoms with Crippen LogP contribution >= 0.6 is 0 Å². The second-order valence-corrected chi connectivity index (χ2v) is 12.7. The highest BCUT2D eigenvalue weighted by Gasteiger charge is 2.14. The van der Waals surface area contributed by atoms with Crippen molar-refractivity contribution >= 4 is 57.0 Å². The van der Waals surface area contributed by atoms with Gasteiger partial charge in [0.15, 0.2) is 0 Å². The molecule has 0 heterocycles. The van der Waals surface area contributed by atoms with Crippen LogP contribution in [-0.2, 0) is 0 Å². The second kappa shape index (κ2) is 13.5. The molecule has 7 aromatic carbocycles. The Balaban J connectivity index is 1.14. The lowest BCUT2D eigenvalue weighted by atomic mass is 10.0. The molecule has 7 aromatic rings. The number of anilines is 6. The molecule has 48 heavy (non-hydrogen) atoms. The first-order valence-electron chi connectivity index (χ1n) is 16.6. The molecule has 0 amide bonds. The van der Waals surface area contributed by atoms with Crippen molar-refractivity contribution in [3.8, 4) is 0 Å². The van der Waals surface area contributed by atoms with E-state index in [9.17, 15) is 0 Å². The van der Waals surface area contributed by atoms with E-state index >= 15 is 0 Å². The Kier molecular flexibility index (Phi) is 8.64. The summed E-state index contributed by atoms with van der Waals surface area (Å²) in [5.41, 5.74) is 14.2. The average Bonchev–Trinajstić information content (AvgIpc) is 3.11. The van der Waals surface area contributed by atoms with Gasteiger partial charge in [0, 0.05) is 34.1 Å². The Morgan fingerprint density at radius 3 is 1.02 bits per heavy atom. The summed E-state index contributed by atoms with van der Waals surface area (Å²) < 4.78 is 0. The van der Waals surface area contributed by atoms with Crippen molar-refractivity contribution < 1.29 is 0 Å². The molecule has 0 N–H and O–H groups in total. The van der Waals surface area contributed by atoms with Gasteiger partial charge in [-0.25, -0.2) is 0 Å². The Hall–Kier alpha value is -5.86. The highest BCUT2D eigenvalue weighted by molar-refractivity contribution is 5.91. The molecule has 0 aliphatic heterocycles. The first-order valence-corrected chi connectivity index (χ1v) is 16.6. The summed E-state index contributed by atoms with van der Waals surface area (Å²) in [6.45, 7) is 8.51. The fourth-order valence-electron chi connectivity index (χ4n) is 6.09. The molecule has 0 aliphatic rings. The van der Waals surface area contributed by atoms with Gasteiger partial charge in [-0.05, 0) is 128 Å². The van der Waals surface area contributed by atoms with E-state index in [1.807, 2.05) is 0 Å². The summed E-state index contributed by atoms with van der Waals surface area (Å²) in [7, 11) is 0. The lowest BCUT2D eigenvalue weighted by Crippen LogP contribution is -2.09. The van der Waals surface area contributed by atoms with Gasteiger partial charge in [0.1, 0.15) is 0 Å². The number of aryl methyl sites for hydroxylation is 4. The summed E-state index contributed by atoms with van der Waals surface area (Å²) in [5, 5.41) is 2.43. The molecule has 0 atom stereocenters. The Morgan fingerprint density at radius 2 is 0.583 bits per heavy atom. The van der Waals surface area contributed by atoms with E-state index in [4.69, 9.17) is 0 Å². The van der Waals surface area contributed by atoms with E-state index in [1.165, 1.54) is 38.6 Å². The van der Waals surface area contributed by atoms with E-state index in [1.54, 1.807) is 0 Å². The van der Waals surface area contributed by atoms with Gasteiger partial charge >= 0.3 is 0 Å². The minimum absolute atomic E-state index is 1.13. The van der Waals surface area contributed by atoms with Gasteiger partial charge in [0.25, 0.3) is 0 Å². The maximum absolute atomic E-state index is 2.33. The lowest BCUT2D eigenvalue weighted by Gasteiger charge is -2.26. The smallest absolute Gasteiger partial charge is 0.0468 e. The summed E-state index contributed by atoms with van der Waals surface area (Å²) >= 11 is 0. The van der Waals surface area contributed by atoms with Crippen molar-refractivity contribution in [3.05, 3.63) is 191 Å². The van der Waals surface area contributed by atoms with Crippen LogP contribution < -0.4 is 9.80 Å². The van der Waals surface area contributed by atoms with Gasteiger partial charge in [0.2, 0.25) is 0 Å². The largest absolute Gasteiger partial charge is 0.311 e. The number of rotatable bonds is 8. The van der Waals surface area contributed by atoms with Gasteiger partial charge in [-0.1, -0.05) is 113 Å². The first kappa shape index (κ1) is 30.8. The minimum Gasteiger partial charge on any atom is -0.311 e. The van der Waals surface area contributed by atoms with Crippen LogP contribution in [0.25, 0.3) is 22.9 Å². The molecule has 0 aliphatic carbocycles. The molecule has 7 rings (SSSR count). The number of hydrogen-bond acceptors (Lipinski definition) is 2. The molecule has 0 spiro atoms. The maximum atomic E-state index is 2.33. The zero-order valence-corrected chi connectivity index (χ0v) is 28.1. The molecule has 234 valence electrons. The summed E-state index contributed by atoms with van der Waals surface area (Å²) in [4.78, 5) is 4.64. The van der Waals surface area contributed by atoms with Crippen LogP contribution in [0.4, 0.5) is 34.1 Å². The SMILES string of the molecule is Cc1ccc(N(c2ccc(C)cc2)c2ccc(C=Cc3ccc4cc(N(c5ccc(C)cc5)c5ccc(C)cc5)ccc4c3)cc2)cc1. The number of benzene rings is 7. The predicted octanol–water partition coefficient (Wildman–Crippen LogP) is 13.2. The van der Waals surface area contributed by atoms with E-state index in [2.05, 4.69) is 207 Å². The number of nitrogens with zero attached hydrogens (tertiary/aromatic N) is 2. The molecule has 0 fully saturated rings. The fourth-order valence-corrected chi connectivity index (χ4v) is 6.09. The monoisotopic (exact) mass is 620 g/mol. The maximum Gasteiger partial charge on any atom is 0.0468 e. The topological polar surface area (TPSA) is 6.48 Å². The molecular formula is C46H40N2. The lowest BCUT2D eigenvalue weighted by molar-refractivity contribution is 1.27. The average molecular weight is 621 g/mol. The predicted molar refractivity (Wildman–Crippen MR) is 208 cm³/mol. The fraction of sp³-hybridized carbons (Fsp3) is 0.0870. The van der Waals surface area contributed by atoms with E-state index in [0.29, 0.717) is 0 Å². The third kappa shape index (κ3) is 6.79. The molecule has 0 saturated carbocycles. The van der Waals surface area contributed by atoms with Crippen molar-refractivity contribution in [3.63, 3.8) is 0 Å². The molecule has 0 radical (unpaired) electrons. The van der Waals surface area contributed by atoms with Crippen molar-refractivity contribution in [2.45, 2.75) is 27.7 Å². The van der Waals surface area contributed by atoms with Crippen LogP contribution in [0, 0.1) is 27.7 Å². The van der Waals surface area contributed by atoms with Crippen LogP contribution in [-0.4, -0.2) is 0 Å². The van der Waals surface area contributed by atoms with E-state index in [0.717, 1.165) is 39.7 Å². The van der Waals surface area contributed by atoms with Crippen molar-refractivity contribution in [1.82, 2.24) is 0 Å². The molecule has 0 saturated heterocycles. The standard InChI is InChI=1S/C46H40N2/c1-33-5-20-41(21-6-33)47(42-22-7-34(2)8-23-42)45-28-16-37(17-29-45)13-14-38-15-18-40-32-46(30-19-39(40)31-38)48(43-24-9-35(3)10-25-43)44-26-11-36(4)12-27-44/h5-32H,1-4H3. The molecule has 0 bridgehead atoms. The molecule has 2 nitrogen and oxygen atoms in total. The van der Waals surface area contributed by atoms with Crippen molar-refractivity contribution in [1.29, 1.82) is 0 Å². The number of hydrogen-bond donors (Lipinski definition) is 0. The molecule has 0 unspecified atom stereocenters. The van der Waals surface area contributed by atoms with Gasteiger partial charge in [0.05, 0.1) is 0 Å². The zero-order chi connectivity index (χ0) is 33.0. The van der Waals surface area contributed by atoms with Crippen molar-refractivity contribution in [2.75, 3.05) is 9.80 Å². The quantitative estimate of drug-likeness (QED) is 0.156. The number of fused-ring (bicyclic) bond motifs is 1. The summed E-state index contributed by atoms with van der Waals surface area (Å²) in [6.07, 6.45) is 4.39. The second-order valence-electron chi connectivity index (χ2n) is 12.7. The van der Waals surface area contributed by atoms with Gasteiger partial charge in [-0.3, -0.25) is 0 Å². The van der Waals surface area contributed by atoms with Crippen LogP contribution in [0.1, 0.15) is 33.4 Å². The van der Waals surface area contributed by atoms with E-state index < -0.39 is 0 Å². The van der Waals surface area contributed by atoms with Crippen LogP contribution in [0.2, 0.25) is 0 Å². The van der Waals surface area contributed by atoms with Crippen LogP contribution in [0.15, 0.2) is 158 Å². The molecule has 2 heteroatoms. The highest BCUT2D eigenvalue weighted by Crippen LogP contribution is 2.37. The summed E-state index contributed by atoms with van der Waals surface area (Å²) in [5.74, 6) is 0. The van der Waals surface area contributed by atoms with Crippen molar-refractivity contribution in [2.24, 2.45) is 0 Å². The highest BCUT2D eigenvalue weighted by atomic mass is 15.1. The minimum atomic E-state index is 1.13. The third-order valence-electron chi connectivity index (χ3n) is 8.89. The molecule has 0 aromatic heterocycles. The van der Waals surface area contributed by atoms with E-state index in [-0.39, 0.29) is 0 Å². The van der Waals surface area contributed by atoms with Crippen LogP contribution in [0.3, 0.4) is 0 Å². The first-order chi connectivity index (χ1) is 23.4.